The van der Waals surface area contributed by atoms with E-state index in [1.54, 1.807) is 6.92 Å². The number of ether oxygens (including phenoxy) is 1. The van der Waals surface area contributed by atoms with Gasteiger partial charge < -0.3 is 9.15 Å². The lowest BCUT2D eigenvalue weighted by molar-refractivity contribution is 0.142. The number of nitrogens with zero attached hydrogens (tertiary/aromatic N) is 1. The second kappa shape index (κ2) is 6.15. The standard InChI is InChI=1S/C11H18N2O3/c1-4-5-8(2)6-16-11(14)13-10-7-15-9(3)12-10/h7-8H,4-6H2,1-3H3,(H,13,14)/t8-/m0/s1. The van der Waals surface area contributed by atoms with Crippen LogP contribution in [0.2, 0.25) is 0 Å². The summed E-state index contributed by atoms with van der Waals surface area (Å²) in [6.45, 7) is 6.29. The van der Waals surface area contributed by atoms with Gasteiger partial charge >= 0.3 is 6.09 Å². The van der Waals surface area contributed by atoms with Crippen molar-refractivity contribution in [1.82, 2.24) is 4.98 Å². The Bertz CT molecular complexity index is 336. The van der Waals surface area contributed by atoms with Crippen LogP contribution < -0.4 is 5.32 Å². The van der Waals surface area contributed by atoms with Crippen molar-refractivity contribution in [1.29, 1.82) is 0 Å². The Hall–Kier alpha value is -1.52. The number of hydrogen-bond donors (Lipinski definition) is 1. The number of aryl methyl sites for hydroxylation is 1. The molecule has 0 aromatic carbocycles. The quantitative estimate of drug-likeness (QED) is 0.838. The van der Waals surface area contributed by atoms with E-state index >= 15 is 0 Å². The minimum Gasteiger partial charge on any atom is -0.449 e. The van der Waals surface area contributed by atoms with Crippen molar-refractivity contribution in [3.63, 3.8) is 0 Å². The van der Waals surface area contributed by atoms with Crippen LogP contribution in [0, 0.1) is 12.8 Å². The maximum Gasteiger partial charge on any atom is 0.412 e. The van der Waals surface area contributed by atoms with E-state index in [0.29, 0.717) is 24.2 Å². The van der Waals surface area contributed by atoms with Gasteiger partial charge in [-0.05, 0) is 12.3 Å². The number of rotatable bonds is 5. The molecule has 0 unspecified atom stereocenters. The zero-order valence-corrected chi connectivity index (χ0v) is 9.95. The van der Waals surface area contributed by atoms with E-state index < -0.39 is 6.09 Å². The third-order valence-electron chi connectivity index (χ3n) is 2.13. The van der Waals surface area contributed by atoms with Gasteiger partial charge in [-0.2, -0.15) is 4.98 Å². The van der Waals surface area contributed by atoms with Gasteiger partial charge in [0.15, 0.2) is 11.7 Å². The molecular formula is C11H18N2O3. The first-order valence-electron chi connectivity index (χ1n) is 5.47. The lowest BCUT2D eigenvalue weighted by atomic mass is 10.1. The van der Waals surface area contributed by atoms with Crippen LogP contribution in [0.4, 0.5) is 10.6 Å². The average molecular weight is 226 g/mol. The molecule has 0 aliphatic rings. The van der Waals surface area contributed by atoms with Crippen LogP contribution in [0.5, 0.6) is 0 Å². The highest BCUT2D eigenvalue weighted by Gasteiger charge is 2.08. The first kappa shape index (κ1) is 12.5. The van der Waals surface area contributed by atoms with Crippen LogP contribution in [0.1, 0.15) is 32.6 Å². The molecule has 16 heavy (non-hydrogen) atoms. The fourth-order valence-corrected chi connectivity index (χ4v) is 1.36. The van der Waals surface area contributed by atoms with Crippen LogP contribution in [0.3, 0.4) is 0 Å². The minimum absolute atomic E-state index is 0.380. The molecule has 1 aromatic rings. The lowest BCUT2D eigenvalue weighted by Gasteiger charge is -2.10. The summed E-state index contributed by atoms with van der Waals surface area (Å²) in [4.78, 5) is 15.3. The van der Waals surface area contributed by atoms with E-state index in [2.05, 4.69) is 24.1 Å². The Morgan fingerprint density at radius 3 is 3.00 bits per heavy atom. The number of amides is 1. The normalized spacial score (nSPS) is 12.2. The molecule has 0 aliphatic carbocycles. The Morgan fingerprint density at radius 1 is 1.69 bits per heavy atom. The van der Waals surface area contributed by atoms with E-state index in [0.717, 1.165) is 12.8 Å². The summed E-state index contributed by atoms with van der Waals surface area (Å²) in [5, 5.41) is 2.49. The Morgan fingerprint density at radius 2 is 2.44 bits per heavy atom. The highest BCUT2D eigenvalue weighted by molar-refractivity contribution is 5.82. The molecule has 0 radical (unpaired) electrons. The van der Waals surface area contributed by atoms with E-state index in [1.165, 1.54) is 6.26 Å². The van der Waals surface area contributed by atoms with Gasteiger partial charge in [0.25, 0.3) is 0 Å². The smallest absolute Gasteiger partial charge is 0.412 e. The van der Waals surface area contributed by atoms with Crippen LogP contribution in [0.25, 0.3) is 0 Å². The van der Waals surface area contributed by atoms with Crippen molar-refractivity contribution in [2.24, 2.45) is 5.92 Å². The molecule has 0 spiro atoms. The summed E-state index contributed by atoms with van der Waals surface area (Å²) in [7, 11) is 0. The van der Waals surface area contributed by atoms with Crippen LogP contribution in [0.15, 0.2) is 10.7 Å². The molecule has 0 saturated heterocycles. The number of carbonyl (C=O) groups excluding carboxylic acids is 1. The molecule has 0 bridgehead atoms. The zero-order chi connectivity index (χ0) is 12.0. The maximum atomic E-state index is 11.3. The van der Waals surface area contributed by atoms with Gasteiger partial charge in [-0.25, -0.2) is 4.79 Å². The van der Waals surface area contributed by atoms with Gasteiger partial charge in [-0.3, -0.25) is 5.32 Å². The van der Waals surface area contributed by atoms with Crippen molar-refractivity contribution in [3.8, 4) is 0 Å². The van der Waals surface area contributed by atoms with E-state index in [-0.39, 0.29) is 0 Å². The predicted octanol–water partition coefficient (Wildman–Crippen LogP) is 2.97. The van der Waals surface area contributed by atoms with Gasteiger partial charge in [0, 0.05) is 6.92 Å². The van der Waals surface area contributed by atoms with Crippen LogP contribution in [-0.4, -0.2) is 17.7 Å². The molecule has 0 saturated carbocycles. The molecule has 0 fully saturated rings. The number of nitrogens with one attached hydrogen (secondary N) is 1. The van der Waals surface area contributed by atoms with E-state index in [4.69, 9.17) is 9.15 Å². The molecule has 90 valence electrons. The molecule has 0 aliphatic heterocycles. The number of aromatic nitrogens is 1. The molecular weight excluding hydrogens is 208 g/mol. The molecule has 1 aromatic heterocycles. The molecule has 1 amide bonds. The average Bonchev–Trinajstić information content (AvgIpc) is 2.61. The number of anilines is 1. The highest BCUT2D eigenvalue weighted by Crippen LogP contribution is 2.08. The zero-order valence-electron chi connectivity index (χ0n) is 9.95. The fourth-order valence-electron chi connectivity index (χ4n) is 1.36. The van der Waals surface area contributed by atoms with Crippen molar-refractivity contribution < 1.29 is 13.9 Å². The van der Waals surface area contributed by atoms with Gasteiger partial charge in [-0.1, -0.05) is 20.3 Å². The molecule has 1 N–H and O–H groups in total. The number of oxazole rings is 1. The third-order valence-corrected chi connectivity index (χ3v) is 2.13. The first-order chi connectivity index (χ1) is 7.61. The summed E-state index contributed by atoms with van der Waals surface area (Å²) < 4.78 is 9.99. The Balaban J connectivity index is 2.26. The Kier molecular flexibility index (Phi) is 4.82. The first-order valence-corrected chi connectivity index (χ1v) is 5.47. The lowest BCUT2D eigenvalue weighted by Crippen LogP contribution is -2.17. The van der Waals surface area contributed by atoms with Crippen molar-refractivity contribution in [3.05, 3.63) is 12.2 Å². The predicted molar refractivity (Wildman–Crippen MR) is 60.3 cm³/mol. The Labute approximate surface area is 95.2 Å². The maximum absolute atomic E-state index is 11.3. The summed E-state index contributed by atoms with van der Waals surface area (Å²) in [5.41, 5.74) is 0. The fraction of sp³-hybridized carbons (Fsp3) is 0.636. The molecule has 1 heterocycles. The van der Waals surface area contributed by atoms with Gasteiger partial charge in [-0.15, -0.1) is 0 Å². The second-order valence-electron chi connectivity index (χ2n) is 3.87. The molecule has 1 rings (SSSR count). The third kappa shape index (κ3) is 4.33. The summed E-state index contributed by atoms with van der Waals surface area (Å²) >= 11 is 0. The topological polar surface area (TPSA) is 64.4 Å². The molecule has 5 heteroatoms. The molecule has 1 atom stereocenters. The van der Waals surface area contributed by atoms with Gasteiger partial charge in [0.1, 0.15) is 6.26 Å². The summed E-state index contributed by atoms with van der Waals surface area (Å²) in [6.07, 6.45) is 3.04. The number of hydrogen-bond acceptors (Lipinski definition) is 4. The minimum atomic E-state index is -0.490. The van der Waals surface area contributed by atoms with Gasteiger partial charge in [0.2, 0.25) is 0 Å². The van der Waals surface area contributed by atoms with E-state index in [1.807, 2.05) is 0 Å². The summed E-state index contributed by atoms with van der Waals surface area (Å²) in [5.74, 6) is 1.27. The largest absolute Gasteiger partial charge is 0.449 e. The van der Waals surface area contributed by atoms with Crippen LogP contribution in [-0.2, 0) is 4.74 Å². The van der Waals surface area contributed by atoms with Crippen molar-refractivity contribution in [2.45, 2.75) is 33.6 Å². The van der Waals surface area contributed by atoms with Crippen molar-refractivity contribution >= 4 is 11.9 Å². The van der Waals surface area contributed by atoms with Crippen molar-refractivity contribution in [2.75, 3.05) is 11.9 Å². The number of carbonyl (C=O) groups is 1. The summed E-state index contributed by atoms with van der Waals surface area (Å²) in [6, 6.07) is 0. The monoisotopic (exact) mass is 226 g/mol. The van der Waals surface area contributed by atoms with E-state index in [9.17, 15) is 4.79 Å². The van der Waals surface area contributed by atoms with Crippen LogP contribution >= 0.6 is 0 Å². The molecule has 5 nitrogen and oxygen atoms in total. The SMILES string of the molecule is CCC[C@H](C)COC(=O)Nc1coc(C)n1. The highest BCUT2D eigenvalue weighted by atomic mass is 16.5. The van der Waals surface area contributed by atoms with Gasteiger partial charge in [0.05, 0.1) is 6.61 Å². The second-order valence-corrected chi connectivity index (χ2v) is 3.87.